The molecule has 6 unspecified atom stereocenters. The van der Waals surface area contributed by atoms with Crippen LogP contribution in [0.4, 0.5) is 0 Å². The maximum atomic E-state index is 12.5. The van der Waals surface area contributed by atoms with E-state index in [-0.39, 0.29) is 22.5 Å². The number of fused-ring (bicyclic) bond motifs is 1. The molecule has 2 N–H and O–H groups in total. The number of carbonyl (C=O) groups is 2. The van der Waals surface area contributed by atoms with Gasteiger partial charge in [-0.1, -0.05) is 0 Å². The molecule has 0 aromatic heterocycles. The third-order valence-corrected chi connectivity index (χ3v) is 6.06. The van der Waals surface area contributed by atoms with Gasteiger partial charge in [-0.2, -0.15) is 8.42 Å². The van der Waals surface area contributed by atoms with Crippen molar-refractivity contribution in [3.8, 4) is 5.75 Å². The number of hydrogen-bond acceptors (Lipinski definition) is 7. The van der Waals surface area contributed by atoms with E-state index >= 15 is 0 Å². The number of aliphatic hydroxyl groups is 1. The fourth-order valence-electron chi connectivity index (χ4n) is 4.20. The van der Waals surface area contributed by atoms with Crippen molar-refractivity contribution >= 4 is 22.1 Å². The molecule has 8 nitrogen and oxygen atoms in total. The first-order valence-corrected chi connectivity index (χ1v) is 8.89. The second-order valence-electron chi connectivity index (χ2n) is 6.37. The van der Waals surface area contributed by atoms with Crippen LogP contribution in [0, 0.1) is 23.7 Å². The van der Waals surface area contributed by atoms with Gasteiger partial charge >= 0.3 is 11.9 Å². The smallest absolute Gasteiger partial charge is 0.315 e. The van der Waals surface area contributed by atoms with Gasteiger partial charge in [-0.25, -0.2) is 0 Å². The van der Waals surface area contributed by atoms with E-state index in [1.807, 2.05) is 0 Å². The second kappa shape index (κ2) is 5.01. The van der Waals surface area contributed by atoms with Crippen LogP contribution in [0.1, 0.15) is 6.42 Å². The molecule has 128 valence electrons. The van der Waals surface area contributed by atoms with E-state index in [2.05, 4.69) is 0 Å². The van der Waals surface area contributed by atoms with Gasteiger partial charge in [0.2, 0.25) is 0 Å². The summed E-state index contributed by atoms with van der Waals surface area (Å²) in [5.74, 6) is -2.92. The minimum Gasteiger partial charge on any atom is -0.459 e. The van der Waals surface area contributed by atoms with E-state index in [4.69, 9.17) is 14.0 Å². The Kier molecular flexibility index (Phi) is 3.25. The van der Waals surface area contributed by atoms with Crippen LogP contribution >= 0.6 is 0 Å². The molecule has 0 radical (unpaired) electrons. The Morgan fingerprint density at radius 2 is 1.88 bits per heavy atom. The highest BCUT2D eigenvalue weighted by atomic mass is 32.2. The minimum absolute atomic E-state index is 0.0903. The summed E-state index contributed by atoms with van der Waals surface area (Å²) in [5, 5.41) is 10.2. The molecule has 9 heteroatoms. The number of ether oxygens (including phenoxy) is 2. The van der Waals surface area contributed by atoms with Gasteiger partial charge in [-0.15, -0.1) is 0 Å². The highest BCUT2D eigenvalue weighted by Crippen LogP contribution is 2.57. The Morgan fingerprint density at radius 1 is 1.21 bits per heavy atom. The van der Waals surface area contributed by atoms with Crippen molar-refractivity contribution in [1.82, 2.24) is 0 Å². The summed E-state index contributed by atoms with van der Waals surface area (Å²) in [5.41, 5.74) is 0. The molecule has 1 heterocycles. The number of hydrogen-bond donors (Lipinski definition) is 2. The first-order valence-electron chi connectivity index (χ1n) is 7.45. The predicted molar refractivity (Wildman–Crippen MR) is 76.4 cm³/mol. The number of benzene rings is 1. The van der Waals surface area contributed by atoms with Gasteiger partial charge in [0.05, 0.1) is 22.8 Å². The summed E-state index contributed by atoms with van der Waals surface area (Å²) in [6.45, 7) is 0. The lowest BCUT2D eigenvalue weighted by Gasteiger charge is -2.26. The molecule has 1 aliphatic heterocycles. The summed E-state index contributed by atoms with van der Waals surface area (Å²) in [7, 11) is -4.33. The van der Waals surface area contributed by atoms with Gasteiger partial charge in [-0.3, -0.25) is 14.1 Å². The zero-order valence-electron chi connectivity index (χ0n) is 12.2. The van der Waals surface area contributed by atoms with E-state index in [0.29, 0.717) is 6.42 Å². The molecule has 24 heavy (non-hydrogen) atoms. The van der Waals surface area contributed by atoms with Gasteiger partial charge < -0.3 is 14.6 Å². The Balaban J connectivity index is 1.54. The molecular formula is C15H14O8S. The normalized spacial score (nSPS) is 36.7. The molecular weight excluding hydrogens is 340 g/mol. The molecule has 3 aliphatic rings. The molecule has 2 saturated carbocycles. The number of esters is 2. The topological polar surface area (TPSA) is 127 Å². The summed E-state index contributed by atoms with van der Waals surface area (Å²) in [6, 6.07) is 4.68. The van der Waals surface area contributed by atoms with Crippen molar-refractivity contribution in [2.45, 2.75) is 23.5 Å². The zero-order chi connectivity index (χ0) is 17.2. The summed E-state index contributed by atoms with van der Waals surface area (Å²) in [4.78, 5) is 24.1. The summed E-state index contributed by atoms with van der Waals surface area (Å²) < 4.78 is 41.3. The molecule has 0 amide bonds. The van der Waals surface area contributed by atoms with Gasteiger partial charge in [0, 0.05) is 11.8 Å². The van der Waals surface area contributed by atoms with E-state index in [1.54, 1.807) is 0 Å². The molecule has 6 atom stereocenters. The van der Waals surface area contributed by atoms with Crippen molar-refractivity contribution < 1.29 is 37.1 Å². The lowest BCUT2D eigenvalue weighted by Crippen LogP contribution is -2.42. The Labute approximate surface area is 137 Å². The summed E-state index contributed by atoms with van der Waals surface area (Å²) >= 11 is 0. The third-order valence-electron chi connectivity index (χ3n) is 5.19. The van der Waals surface area contributed by atoms with E-state index in [1.165, 1.54) is 12.1 Å². The largest absolute Gasteiger partial charge is 0.459 e. The van der Waals surface area contributed by atoms with Crippen LogP contribution in [0.15, 0.2) is 29.2 Å². The SMILES string of the molecule is O=C(Oc1ccc(S(=O)(=O)O)cc1)C1C2CC3C(OC(=O)C31)C2O. The van der Waals surface area contributed by atoms with E-state index in [0.717, 1.165) is 12.1 Å². The molecule has 0 spiro atoms. The molecule has 4 rings (SSSR count). The van der Waals surface area contributed by atoms with Crippen LogP contribution in [0.5, 0.6) is 5.75 Å². The third kappa shape index (κ3) is 2.15. The molecule has 1 aromatic carbocycles. The first-order chi connectivity index (χ1) is 11.3. The Hall–Kier alpha value is -1.97. The number of aliphatic hydroxyl groups excluding tert-OH is 1. The van der Waals surface area contributed by atoms with Gasteiger partial charge in [0.15, 0.2) is 0 Å². The van der Waals surface area contributed by atoms with Gasteiger partial charge in [-0.05, 0) is 30.7 Å². The monoisotopic (exact) mass is 354 g/mol. The van der Waals surface area contributed by atoms with Crippen molar-refractivity contribution in [2.75, 3.05) is 0 Å². The van der Waals surface area contributed by atoms with Gasteiger partial charge in [0.1, 0.15) is 11.9 Å². The fraction of sp³-hybridized carbons (Fsp3) is 0.467. The van der Waals surface area contributed by atoms with Crippen LogP contribution in [0.2, 0.25) is 0 Å². The quantitative estimate of drug-likeness (QED) is 0.441. The second-order valence-corrected chi connectivity index (χ2v) is 7.80. The fourth-order valence-corrected chi connectivity index (χ4v) is 4.68. The van der Waals surface area contributed by atoms with Crippen molar-refractivity contribution in [3.63, 3.8) is 0 Å². The average Bonchev–Trinajstić information content (AvgIpc) is 3.11. The minimum atomic E-state index is -4.33. The Bertz CT molecular complexity index is 814. The van der Waals surface area contributed by atoms with Crippen LogP contribution in [0.3, 0.4) is 0 Å². The Morgan fingerprint density at radius 3 is 2.50 bits per heavy atom. The van der Waals surface area contributed by atoms with Gasteiger partial charge in [0.25, 0.3) is 10.1 Å². The van der Waals surface area contributed by atoms with Crippen LogP contribution in [-0.2, 0) is 24.4 Å². The molecule has 2 bridgehead atoms. The standard InChI is InChI=1S/C15H14O8S/c16-12-8-5-9-11(15(18)23-13(9)12)10(8)14(17)22-6-1-3-7(4-2-6)24(19,20)21/h1-4,8-13,16H,5H2,(H,19,20,21). The number of rotatable bonds is 3. The molecule has 2 aliphatic carbocycles. The maximum Gasteiger partial charge on any atom is 0.315 e. The molecule has 1 aromatic rings. The highest BCUT2D eigenvalue weighted by Gasteiger charge is 2.68. The first kappa shape index (κ1) is 15.6. The van der Waals surface area contributed by atoms with Crippen LogP contribution < -0.4 is 4.74 Å². The molecule has 1 saturated heterocycles. The highest BCUT2D eigenvalue weighted by molar-refractivity contribution is 7.85. The molecule has 3 fully saturated rings. The lowest BCUT2D eigenvalue weighted by atomic mass is 9.78. The van der Waals surface area contributed by atoms with Crippen LogP contribution in [-0.4, -0.2) is 42.2 Å². The van der Waals surface area contributed by atoms with E-state index in [9.17, 15) is 23.1 Å². The maximum absolute atomic E-state index is 12.5. The lowest BCUT2D eigenvalue weighted by molar-refractivity contribution is -0.149. The zero-order valence-corrected chi connectivity index (χ0v) is 13.0. The average molecular weight is 354 g/mol. The van der Waals surface area contributed by atoms with Crippen molar-refractivity contribution in [3.05, 3.63) is 24.3 Å². The van der Waals surface area contributed by atoms with Crippen molar-refractivity contribution in [1.29, 1.82) is 0 Å². The number of carbonyl (C=O) groups excluding carboxylic acids is 2. The summed E-state index contributed by atoms with van der Waals surface area (Å²) in [6.07, 6.45) is -0.841. The van der Waals surface area contributed by atoms with E-state index < -0.39 is 46.1 Å². The van der Waals surface area contributed by atoms with Crippen molar-refractivity contribution in [2.24, 2.45) is 23.7 Å². The predicted octanol–water partition coefficient (Wildman–Crippen LogP) is 0.00710. The van der Waals surface area contributed by atoms with Crippen LogP contribution in [0.25, 0.3) is 0 Å².